The van der Waals surface area contributed by atoms with Gasteiger partial charge >= 0.3 is 0 Å². The molecule has 1 aliphatic heterocycles. The summed E-state index contributed by atoms with van der Waals surface area (Å²) < 4.78 is 13.3. The minimum absolute atomic E-state index is 0.0591. The summed E-state index contributed by atoms with van der Waals surface area (Å²) >= 11 is 0. The highest BCUT2D eigenvalue weighted by molar-refractivity contribution is 6.25. The van der Waals surface area contributed by atoms with Gasteiger partial charge in [-0.3, -0.25) is 14.4 Å². The first-order chi connectivity index (χ1) is 15.9. The van der Waals surface area contributed by atoms with Crippen LogP contribution in [0.4, 0.5) is 10.1 Å². The van der Waals surface area contributed by atoms with Crippen molar-refractivity contribution in [3.63, 3.8) is 0 Å². The van der Waals surface area contributed by atoms with Crippen LogP contribution in [0.15, 0.2) is 60.7 Å². The molecule has 0 fully saturated rings. The van der Waals surface area contributed by atoms with Crippen LogP contribution in [0.25, 0.3) is 10.8 Å². The van der Waals surface area contributed by atoms with E-state index in [4.69, 9.17) is 0 Å². The van der Waals surface area contributed by atoms with Crippen molar-refractivity contribution in [2.75, 3.05) is 18.5 Å². The Morgan fingerprint density at radius 1 is 1.06 bits per heavy atom. The van der Waals surface area contributed by atoms with Gasteiger partial charge in [-0.05, 0) is 48.6 Å². The molecule has 170 valence electrons. The van der Waals surface area contributed by atoms with E-state index in [1.807, 2.05) is 36.4 Å². The van der Waals surface area contributed by atoms with Gasteiger partial charge in [0.15, 0.2) is 0 Å². The first kappa shape index (κ1) is 22.5. The number of nitrogens with zero attached hydrogens (tertiary/aromatic N) is 2. The largest absolute Gasteiger partial charge is 0.357 e. The number of carbonyl (C=O) groups excluding carboxylic acids is 3. The molecule has 0 aromatic heterocycles. The van der Waals surface area contributed by atoms with Gasteiger partial charge < -0.3 is 15.1 Å². The van der Waals surface area contributed by atoms with E-state index in [1.54, 1.807) is 24.0 Å². The lowest BCUT2D eigenvalue weighted by atomic mass is 10.1. The molecule has 0 bridgehead atoms. The summed E-state index contributed by atoms with van der Waals surface area (Å²) in [6.07, 6.45) is 0.633. The van der Waals surface area contributed by atoms with Crippen LogP contribution in [-0.2, 0) is 16.1 Å². The molecule has 1 heterocycles. The molecule has 0 unspecified atom stereocenters. The molecular weight excluding hydrogens is 421 g/mol. The van der Waals surface area contributed by atoms with Gasteiger partial charge in [-0.25, -0.2) is 4.39 Å². The third-order valence-corrected chi connectivity index (χ3v) is 6.10. The second kappa shape index (κ2) is 9.40. The summed E-state index contributed by atoms with van der Waals surface area (Å²) in [6.45, 7) is 2.26. The van der Waals surface area contributed by atoms with Crippen LogP contribution in [0.5, 0.6) is 0 Å². The first-order valence-electron chi connectivity index (χ1n) is 11.0. The van der Waals surface area contributed by atoms with Crippen LogP contribution < -0.4 is 10.2 Å². The number of anilines is 1. The number of nitrogens with one attached hydrogen (secondary N) is 1. The molecular formula is C26H26FN3O3. The third kappa shape index (κ3) is 4.44. The molecule has 7 heteroatoms. The highest BCUT2D eigenvalue weighted by atomic mass is 19.1. The average Bonchev–Trinajstić information content (AvgIpc) is 3.10. The van der Waals surface area contributed by atoms with E-state index in [1.165, 1.54) is 24.1 Å². The Kier molecular flexibility index (Phi) is 6.40. The third-order valence-electron chi connectivity index (χ3n) is 6.10. The zero-order valence-corrected chi connectivity index (χ0v) is 18.7. The highest BCUT2D eigenvalue weighted by Gasteiger charge is 2.30. The molecule has 0 aliphatic carbocycles. The van der Waals surface area contributed by atoms with E-state index >= 15 is 0 Å². The molecule has 33 heavy (non-hydrogen) atoms. The lowest BCUT2D eigenvalue weighted by molar-refractivity contribution is -0.140. The molecule has 3 aromatic carbocycles. The van der Waals surface area contributed by atoms with E-state index in [0.29, 0.717) is 18.5 Å². The molecule has 1 aliphatic rings. The van der Waals surface area contributed by atoms with Crippen molar-refractivity contribution in [2.24, 2.45) is 0 Å². The highest BCUT2D eigenvalue weighted by Crippen LogP contribution is 2.37. The van der Waals surface area contributed by atoms with Crippen molar-refractivity contribution >= 4 is 34.2 Å². The summed E-state index contributed by atoms with van der Waals surface area (Å²) in [5.41, 5.74) is 2.28. The van der Waals surface area contributed by atoms with Gasteiger partial charge in [-0.2, -0.15) is 0 Å². The number of amides is 3. The molecule has 3 amide bonds. The number of carbonyl (C=O) groups is 3. The molecule has 3 aromatic rings. The first-order valence-corrected chi connectivity index (χ1v) is 11.0. The second-order valence-electron chi connectivity index (χ2n) is 8.18. The van der Waals surface area contributed by atoms with Crippen LogP contribution >= 0.6 is 0 Å². The van der Waals surface area contributed by atoms with Gasteiger partial charge in [-0.15, -0.1) is 0 Å². The molecule has 1 N–H and O–H groups in total. The summed E-state index contributed by atoms with van der Waals surface area (Å²) in [7, 11) is 1.52. The maximum Gasteiger partial charge on any atom is 0.258 e. The molecule has 4 rings (SSSR count). The maximum absolute atomic E-state index is 13.3. The predicted octanol–water partition coefficient (Wildman–Crippen LogP) is 3.88. The van der Waals surface area contributed by atoms with Crippen molar-refractivity contribution in [1.82, 2.24) is 10.2 Å². The second-order valence-corrected chi connectivity index (χ2v) is 8.18. The van der Waals surface area contributed by atoms with Crippen molar-refractivity contribution < 1.29 is 18.8 Å². The summed E-state index contributed by atoms with van der Waals surface area (Å²) in [5.74, 6) is -0.890. The van der Waals surface area contributed by atoms with Gasteiger partial charge in [0.05, 0.1) is 5.69 Å². The summed E-state index contributed by atoms with van der Waals surface area (Å²) in [5, 5.41) is 4.54. The average molecular weight is 448 g/mol. The van der Waals surface area contributed by atoms with Crippen molar-refractivity contribution in [2.45, 2.75) is 32.4 Å². The number of benzene rings is 3. The molecule has 0 spiro atoms. The Morgan fingerprint density at radius 2 is 1.76 bits per heavy atom. The predicted molar refractivity (Wildman–Crippen MR) is 125 cm³/mol. The van der Waals surface area contributed by atoms with Crippen LogP contribution in [0, 0.1) is 5.82 Å². The van der Waals surface area contributed by atoms with E-state index < -0.39 is 6.04 Å². The quantitative estimate of drug-likeness (QED) is 0.570. The minimum atomic E-state index is -0.682. The fourth-order valence-corrected chi connectivity index (χ4v) is 4.31. The molecule has 6 nitrogen and oxygen atoms in total. The minimum Gasteiger partial charge on any atom is -0.357 e. The lowest BCUT2D eigenvalue weighted by Gasteiger charge is -2.29. The zero-order chi connectivity index (χ0) is 23.5. The van der Waals surface area contributed by atoms with Gasteiger partial charge in [0, 0.05) is 37.5 Å². The zero-order valence-electron chi connectivity index (χ0n) is 18.7. The van der Waals surface area contributed by atoms with E-state index in [-0.39, 0.29) is 36.5 Å². The Balaban J connectivity index is 1.45. The Morgan fingerprint density at radius 3 is 2.45 bits per heavy atom. The summed E-state index contributed by atoms with van der Waals surface area (Å²) in [6, 6.07) is 16.7. The van der Waals surface area contributed by atoms with Gasteiger partial charge in [0.1, 0.15) is 11.9 Å². The van der Waals surface area contributed by atoms with E-state index in [0.717, 1.165) is 22.0 Å². The van der Waals surface area contributed by atoms with Crippen molar-refractivity contribution in [3.8, 4) is 0 Å². The van der Waals surface area contributed by atoms with Crippen molar-refractivity contribution in [1.29, 1.82) is 0 Å². The molecule has 0 saturated heterocycles. The Labute approximate surface area is 192 Å². The fraction of sp³-hybridized carbons (Fsp3) is 0.269. The molecule has 0 saturated carbocycles. The smallest absolute Gasteiger partial charge is 0.258 e. The lowest BCUT2D eigenvalue weighted by Crippen LogP contribution is -2.46. The Bertz CT molecular complexity index is 1200. The monoisotopic (exact) mass is 447 g/mol. The van der Waals surface area contributed by atoms with Gasteiger partial charge in [-0.1, -0.05) is 36.4 Å². The standard InChI is InChI=1S/C26H26FN3O3/c1-17(25(32)28-2)30(16-18-11-13-20(27)14-12-18)23(31)10-5-15-29-22-9-4-7-19-6-3-8-21(24(19)22)26(29)33/h3-4,6-9,11-14,17H,5,10,15-16H2,1-2H3,(H,28,32)/t17-/m0/s1. The normalized spacial score (nSPS) is 13.3. The topological polar surface area (TPSA) is 69.7 Å². The van der Waals surface area contributed by atoms with E-state index in [9.17, 15) is 18.8 Å². The molecule has 0 radical (unpaired) electrons. The maximum atomic E-state index is 13.3. The van der Waals surface area contributed by atoms with Crippen molar-refractivity contribution in [3.05, 3.63) is 77.6 Å². The van der Waals surface area contributed by atoms with Crippen LogP contribution in [0.3, 0.4) is 0 Å². The van der Waals surface area contributed by atoms with Gasteiger partial charge in [0.2, 0.25) is 11.8 Å². The number of rotatable bonds is 8. The van der Waals surface area contributed by atoms with Gasteiger partial charge in [0.25, 0.3) is 5.91 Å². The summed E-state index contributed by atoms with van der Waals surface area (Å²) in [4.78, 5) is 41.5. The van der Waals surface area contributed by atoms with E-state index in [2.05, 4.69) is 5.32 Å². The Hall–Kier alpha value is -3.74. The van der Waals surface area contributed by atoms with Crippen LogP contribution in [-0.4, -0.2) is 42.3 Å². The number of likely N-dealkylation sites (N-methyl/N-ethyl adjacent to an activating group) is 1. The number of hydrogen-bond acceptors (Lipinski definition) is 3. The number of hydrogen-bond donors (Lipinski definition) is 1. The van der Waals surface area contributed by atoms with Crippen LogP contribution in [0.2, 0.25) is 0 Å². The fourth-order valence-electron chi connectivity index (χ4n) is 4.31. The number of halogens is 1. The van der Waals surface area contributed by atoms with Crippen LogP contribution in [0.1, 0.15) is 35.7 Å². The molecule has 1 atom stereocenters. The SMILES string of the molecule is CNC(=O)[C@H](C)N(Cc1ccc(F)cc1)C(=O)CCCN1C(=O)c2cccc3cccc1c23.